The first-order valence-electron chi connectivity index (χ1n) is 7.13. The van der Waals surface area contributed by atoms with Gasteiger partial charge in [-0.3, -0.25) is 4.79 Å². The fourth-order valence-corrected chi connectivity index (χ4v) is 4.44. The summed E-state index contributed by atoms with van der Waals surface area (Å²) in [4.78, 5) is 14.2. The van der Waals surface area contributed by atoms with E-state index in [0.29, 0.717) is 24.7 Å². The SMILES string of the molecule is COc1ccc([C@]23CCC(=O)C[C@H]2N(C)CC3)cc1Br. The molecule has 0 N–H and O–H groups in total. The van der Waals surface area contributed by atoms with Gasteiger partial charge in [-0.05, 0) is 60.1 Å². The summed E-state index contributed by atoms with van der Waals surface area (Å²) >= 11 is 3.59. The first-order valence-corrected chi connectivity index (χ1v) is 7.92. The van der Waals surface area contributed by atoms with Crippen molar-refractivity contribution < 1.29 is 9.53 Å². The van der Waals surface area contributed by atoms with E-state index in [9.17, 15) is 4.79 Å². The monoisotopic (exact) mass is 337 g/mol. The maximum Gasteiger partial charge on any atom is 0.134 e. The van der Waals surface area contributed by atoms with Gasteiger partial charge in [0.05, 0.1) is 11.6 Å². The molecule has 1 aliphatic heterocycles. The highest BCUT2D eigenvalue weighted by Gasteiger charge is 2.50. The molecule has 1 aliphatic carbocycles. The minimum atomic E-state index is 0.136. The van der Waals surface area contributed by atoms with Gasteiger partial charge in [0.2, 0.25) is 0 Å². The lowest BCUT2D eigenvalue weighted by atomic mass is 9.66. The zero-order valence-corrected chi connectivity index (χ0v) is 13.6. The van der Waals surface area contributed by atoms with E-state index >= 15 is 0 Å². The van der Waals surface area contributed by atoms with Crippen LogP contribution >= 0.6 is 15.9 Å². The van der Waals surface area contributed by atoms with E-state index in [4.69, 9.17) is 4.74 Å². The number of carbonyl (C=O) groups excluding carboxylic acids is 1. The van der Waals surface area contributed by atoms with Crippen LogP contribution in [-0.4, -0.2) is 37.4 Å². The maximum absolute atomic E-state index is 11.8. The highest BCUT2D eigenvalue weighted by molar-refractivity contribution is 9.10. The largest absolute Gasteiger partial charge is 0.496 e. The Morgan fingerprint density at radius 2 is 2.20 bits per heavy atom. The standard InChI is InChI=1S/C16H20BrNO2/c1-18-8-7-16(6-5-12(19)10-15(16)18)11-3-4-14(20-2)13(17)9-11/h3-4,9,15H,5-8,10H2,1-2H3/t15-,16-/m1/s1. The van der Waals surface area contributed by atoms with Crippen LogP contribution in [0.15, 0.2) is 22.7 Å². The second kappa shape index (κ2) is 5.15. The molecule has 2 aliphatic rings. The van der Waals surface area contributed by atoms with E-state index < -0.39 is 0 Å². The molecule has 0 aromatic heterocycles. The Balaban J connectivity index is 2.02. The molecule has 0 radical (unpaired) electrons. The third-order valence-corrected chi connectivity index (χ3v) is 5.70. The molecule has 2 atom stereocenters. The molecule has 3 rings (SSSR count). The van der Waals surface area contributed by atoms with Crippen LogP contribution in [0.1, 0.15) is 31.2 Å². The summed E-state index contributed by atoms with van der Waals surface area (Å²) in [6.45, 7) is 1.07. The molecule has 0 unspecified atom stereocenters. The molecule has 0 bridgehead atoms. The molecule has 20 heavy (non-hydrogen) atoms. The molecule has 1 aromatic rings. The average molecular weight is 338 g/mol. The molecule has 4 heteroatoms. The van der Waals surface area contributed by atoms with Crippen LogP contribution in [0, 0.1) is 0 Å². The number of halogens is 1. The second-order valence-electron chi connectivity index (χ2n) is 5.99. The predicted molar refractivity (Wildman–Crippen MR) is 82.3 cm³/mol. The average Bonchev–Trinajstić information content (AvgIpc) is 2.77. The normalized spacial score (nSPS) is 30.4. The zero-order valence-electron chi connectivity index (χ0n) is 12.0. The van der Waals surface area contributed by atoms with Crippen molar-refractivity contribution in [3.8, 4) is 5.75 Å². The highest BCUT2D eigenvalue weighted by atomic mass is 79.9. The van der Waals surface area contributed by atoms with E-state index in [0.717, 1.165) is 29.6 Å². The molecule has 3 nitrogen and oxygen atoms in total. The van der Waals surface area contributed by atoms with Crippen molar-refractivity contribution in [3.63, 3.8) is 0 Å². The summed E-state index contributed by atoms with van der Waals surface area (Å²) in [7, 11) is 3.83. The molecule has 2 fully saturated rings. The summed E-state index contributed by atoms with van der Waals surface area (Å²) in [5.74, 6) is 1.27. The van der Waals surface area contributed by atoms with Crippen molar-refractivity contribution in [3.05, 3.63) is 28.2 Å². The molecule has 1 saturated heterocycles. The number of hydrogen-bond donors (Lipinski definition) is 0. The van der Waals surface area contributed by atoms with Crippen LogP contribution in [-0.2, 0) is 10.2 Å². The smallest absolute Gasteiger partial charge is 0.134 e. The number of likely N-dealkylation sites (N-methyl/N-ethyl adjacent to an activating group) is 1. The summed E-state index contributed by atoms with van der Waals surface area (Å²) in [6.07, 6.45) is 3.52. The summed E-state index contributed by atoms with van der Waals surface area (Å²) in [5.41, 5.74) is 1.48. The topological polar surface area (TPSA) is 29.5 Å². The van der Waals surface area contributed by atoms with Crippen LogP contribution in [0.5, 0.6) is 5.75 Å². The lowest BCUT2D eigenvalue weighted by Gasteiger charge is -2.41. The first-order chi connectivity index (χ1) is 9.56. The molecule has 1 aromatic carbocycles. The van der Waals surface area contributed by atoms with Gasteiger partial charge in [-0.2, -0.15) is 0 Å². The number of fused-ring (bicyclic) bond motifs is 1. The predicted octanol–water partition coefficient (Wildman–Crippen LogP) is 3.15. The summed E-state index contributed by atoms with van der Waals surface area (Å²) in [5, 5.41) is 0. The number of rotatable bonds is 2. The van der Waals surface area contributed by atoms with Gasteiger partial charge in [0.25, 0.3) is 0 Å². The Labute approximate surface area is 128 Å². The molecule has 1 saturated carbocycles. The quantitative estimate of drug-likeness (QED) is 0.830. The third-order valence-electron chi connectivity index (χ3n) is 5.08. The van der Waals surface area contributed by atoms with Gasteiger partial charge in [-0.1, -0.05) is 6.07 Å². The van der Waals surface area contributed by atoms with Crippen molar-refractivity contribution >= 4 is 21.7 Å². The Morgan fingerprint density at radius 3 is 2.90 bits per heavy atom. The van der Waals surface area contributed by atoms with Gasteiger partial charge in [-0.25, -0.2) is 0 Å². The number of likely N-dealkylation sites (tertiary alicyclic amines) is 1. The molecule has 0 amide bonds. The molecule has 1 heterocycles. The van der Waals surface area contributed by atoms with Gasteiger partial charge >= 0.3 is 0 Å². The lowest BCUT2D eigenvalue weighted by Crippen LogP contribution is -2.46. The minimum absolute atomic E-state index is 0.136. The van der Waals surface area contributed by atoms with Crippen molar-refractivity contribution in [1.29, 1.82) is 0 Å². The van der Waals surface area contributed by atoms with E-state index in [1.807, 2.05) is 6.07 Å². The zero-order chi connectivity index (χ0) is 14.3. The van der Waals surface area contributed by atoms with Crippen molar-refractivity contribution in [1.82, 2.24) is 4.90 Å². The number of ether oxygens (including phenoxy) is 1. The number of methoxy groups -OCH3 is 1. The van der Waals surface area contributed by atoms with Gasteiger partial charge in [0.1, 0.15) is 11.5 Å². The summed E-state index contributed by atoms with van der Waals surface area (Å²) < 4.78 is 6.32. The van der Waals surface area contributed by atoms with Crippen molar-refractivity contribution in [2.24, 2.45) is 0 Å². The summed E-state index contributed by atoms with van der Waals surface area (Å²) in [6, 6.07) is 6.73. The van der Waals surface area contributed by atoms with Crippen molar-refractivity contribution in [2.45, 2.75) is 37.1 Å². The van der Waals surface area contributed by atoms with Gasteiger partial charge < -0.3 is 9.64 Å². The van der Waals surface area contributed by atoms with Crippen LogP contribution in [0.2, 0.25) is 0 Å². The number of hydrogen-bond acceptors (Lipinski definition) is 3. The Bertz CT molecular complexity index is 545. The Hall–Kier alpha value is -0.870. The second-order valence-corrected chi connectivity index (χ2v) is 6.85. The molecule has 108 valence electrons. The fourth-order valence-electron chi connectivity index (χ4n) is 3.90. The molecular weight excluding hydrogens is 318 g/mol. The van der Waals surface area contributed by atoms with E-state index in [-0.39, 0.29) is 5.41 Å². The third kappa shape index (κ3) is 2.09. The van der Waals surface area contributed by atoms with Crippen LogP contribution in [0.4, 0.5) is 0 Å². The minimum Gasteiger partial charge on any atom is -0.496 e. The number of carbonyl (C=O) groups is 1. The number of ketones is 1. The van der Waals surface area contributed by atoms with Crippen LogP contribution < -0.4 is 4.74 Å². The Morgan fingerprint density at radius 1 is 1.40 bits per heavy atom. The number of Topliss-reactive ketones (excluding diaryl/α,β-unsaturated/α-hetero) is 1. The maximum atomic E-state index is 11.8. The molecular formula is C16H20BrNO2. The van der Waals surface area contributed by atoms with Crippen molar-refractivity contribution in [2.75, 3.05) is 20.7 Å². The van der Waals surface area contributed by atoms with Crippen LogP contribution in [0.3, 0.4) is 0 Å². The number of nitrogens with zero attached hydrogens (tertiary/aromatic N) is 1. The molecule has 0 spiro atoms. The van der Waals surface area contributed by atoms with E-state index in [1.165, 1.54) is 5.56 Å². The number of benzene rings is 1. The highest BCUT2D eigenvalue weighted by Crippen LogP contribution is 2.48. The Kier molecular flexibility index (Phi) is 3.63. The fraction of sp³-hybridized carbons (Fsp3) is 0.562. The lowest BCUT2D eigenvalue weighted by molar-refractivity contribution is -0.122. The van der Waals surface area contributed by atoms with Gasteiger partial charge in [0, 0.05) is 24.3 Å². The van der Waals surface area contributed by atoms with E-state index in [1.54, 1.807) is 7.11 Å². The van der Waals surface area contributed by atoms with E-state index in [2.05, 4.69) is 40.0 Å². The first kappa shape index (κ1) is 14.1. The van der Waals surface area contributed by atoms with Gasteiger partial charge in [-0.15, -0.1) is 0 Å². The van der Waals surface area contributed by atoms with Crippen LogP contribution in [0.25, 0.3) is 0 Å². The van der Waals surface area contributed by atoms with Gasteiger partial charge in [0.15, 0.2) is 0 Å².